The van der Waals surface area contributed by atoms with Crippen molar-refractivity contribution in [2.24, 2.45) is 0 Å². The van der Waals surface area contributed by atoms with Gasteiger partial charge in [-0.3, -0.25) is 0 Å². The van der Waals surface area contributed by atoms with E-state index in [4.69, 9.17) is 0 Å². The van der Waals surface area contributed by atoms with Crippen molar-refractivity contribution < 1.29 is 0 Å². The molecule has 0 saturated carbocycles. The molecule has 0 amide bonds. The van der Waals surface area contributed by atoms with Crippen molar-refractivity contribution in [3.8, 4) is 44.5 Å². The molecule has 0 spiro atoms. The smallest absolute Gasteiger partial charge is 0.0463 e. The Bertz CT molecular complexity index is 2620. The lowest BCUT2D eigenvalue weighted by Gasteiger charge is -2.26. The zero-order valence-electron chi connectivity index (χ0n) is 37.9. The largest absolute Gasteiger partial charge is 0.355 e. The first-order chi connectivity index (χ1) is 29.6. The Kier molecular flexibility index (Phi) is 11.5. The Morgan fingerprint density at radius 1 is 0.290 bits per heavy atom. The van der Waals surface area contributed by atoms with E-state index in [1.165, 1.54) is 50.1 Å². The van der Waals surface area contributed by atoms with Crippen LogP contribution in [0.25, 0.3) is 44.5 Å². The molecule has 62 heavy (non-hydrogen) atoms. The molecule has 0 fully saturated rings. The number of nitrogens with zero attached hydrogens (tertiary/aromatic N) is 1. The van der Waals surface area contributed by atoms with E-state index in [1.807, 2.05) is 0 Å². The molecule has 0 unspecified atom stereocenters. The first-order valence-corrected chi connectivity index (χ1v) is 22.0. The van der Waals surface area contributed by atoms with Gasteiger partial charge in [-0.25, -0.2) is 0 Å². The van der Waals surface area contributed by atoms with Crippen LogP contribution in [0.3, 0.4) is 0 Å². The van der Waals surface area contributed by atoms with Crippen LogP contribution in [0.1, 0.15) is 79.0 Å². The maximum atomic E-state index is 3.72. The molecule has 8 rings (SSSR count). The summed E-state index contributed by atoms with van der Waals surface area (Å²) in [5.41, 5.74) is 19.4. The third kappa shape index (κ3) is 9.46. The van der Waals surface area contributed by atoms with Gasteiger partial charge < -0.3 is 10.2 Å². The van der Waals surface area contributed by atoms with Crippen LogP contribution in [0.4, 0.5) is 28.4 Å². The van der Waals surface area contributed by atoms with E-state index < -0.39 is 0 Å². The highest BCUT2D eigenvalue weighted by molar-refractivity contribution is 5.85. The summed E-state index contributed by atoms with van der Waals surface area (Å²) in [6.45, 7) is 20.3. The number of para-hydroxylation sites is 1. The molecule has 310 valence electrons. The number of nitrogens with one attached hydrogen (secondary N) is 1. The lowest BCUT2D eigenvalue weighted by atomic mass is 9.86. The maximum Gasteiger partial charge on any atom is 0.0463 e. The average Bonchev–Trinajstić information content (AvgIpc) is 3.27. The predicted molar refractivity (Wildman–Crippen MR) is 269 cm³/mol. The van der Waals surface area contributed by atoms with Gasteiger partial charge in [0.15, 0.2) is 0 Å². The van der Waals surface area contributed by atoms with Gasteiger partial charge in [0.2, 0.25) is 0 Å². The van der Waals surface area contributed by atoms with Gasteiger partial charge in [0, 0.05) is 34.0 Å². The molecule has 0 radical (unpaired) electrons. The van der Waals surface area contributed by atoms with E-state index in [0.717, 1.165) is 39.6 Å². The zero-order valence-corrected chi connectivity index (χ0v) is 37.9. The summed E-state index contributed by atoms with van der Waals surface area (Å²) in [5, 5.41) is 3.72. The summed E-state index contributed by atoms with van der Waals surface area (Å²) >= 11 is 0. The molecule has 1 N–H and O–H groups in total. The first kappa shape index (κ1) is 42.1. The van der Waals surface area contributed by atoms with Crippen LogP contribution in [-0.4, -0.2) is 0 Å². The molecule has 0 aliphatic carbocycles. The van der Waals surface area contributed by atoms with Gasteiger partial charge in [-0.2, -0.15) is 0 Å². The fourth-order valence-electron chi connectivity index (χ4n) is 8.08. The lowest BCUT2D eigenvalue weighted by molar-refractivity contribution is 0.590. The minimum absolute atomic E-state index is 0.120. The highest BCUT2D eigenvalue weighted by atomic mass is 15.1. The molecule has 0 atom stereocenters. The number of hydrogen-bond donors (Lipinski definition) is 1. The Labute approximate surface area is 371 Å². The van der Waals surface area contributed by atoms with Crippen molar-refractivity contribution in [3.05, 3.63) is 211 Å². The minimum atomic E-state index is 0.120. The standard InChI is InChI=1S/C60H60N2/c1-58(2,3)49-28-14-42(15-29-49)45-20-34-52(35-21-45)61-57-13-11-10-12-56(57)48-26-40-55(41-27-48)62(53-36-22-46(23-37-53)43-16-30-50(31-17-43)59(4,5)6)54-38-24-47(25-39-54)44-18-32-51(33-19-44)60(7,8)9/h10-41,61H,1-9H3. The van der Waals surface area contributed by atoms with Crippen LogP contribution in [0, 0.1) is 0 Å². The van der Waals surface area contributed by atoms with Gasteiger partial charge in [-0.05, 0) is 126 Å². The van der Waals surface area contributed by atoms with Crippen molar-refractivity contribution in [1.82, 2.24) is 0 Å². The summed E-state index contributed by atoms with van der Waals surface area (Å²) in [7, 11) is 0. The van der Waals surface area contributed by atoms with Gasteiger partial charge in [-0.15, -0.1) is 0 Å². The van der Waals surface area contributed by atoms with E-state index in [1.54, 1.807) is 0 Å². The average molecular weight is 809 g/mol. The van der Waals surface area contributed by atoms with Crippen LogP contribution >= 0.6 is 0 Å². The van der Waals surface area contributed by atoms with Crippen molar-refractivity contribution >= 4 is 28.4 Å². The van der Waals surface area contributed by atoms with Gasteiger partial charge in [0.05, 0.1) is 0 Å². The van der Waals surface area contributed by atoms with E-state index >= 15 is 0 Å². The Balaban J connectivity index is 1.07. The second-order valence-electron chi connectivity index (χ2n) is 19.7. The summed E-state index contributed by atoms with van der Waals surface area (Å²) in [4.78, 5) is 2.35. The molecule has 0 bridgehead atoms. The van der Waals surface area contributed by atoms with Gasteiger partial charge in [0.25, 0.3) is 0 Å². The van der Waals surface area contributed by atoms with Crippen LogP contribution in [0.5, 0.6) is 0 Å². The van der Waals surface area contributed by atoms with E-state index in [0.29, 0.717) is 0 Å². The van der Waals surface area contributed by atoms with E-state index in [2.05, 4.69) is 267 Å². The van der Waals surface area contributed by atoms with Crippen LogP contribution in [0.2, 0.25) is 0 Å². The lowest BCUT2D eigenvalue weighted by Crippen LogP contribution is -2.10. The molecular weight excluding hydrogens is 749 g/mol. The third-order valence-corrected chi connectivity index (χ3v) is 12.0. The zero-order chi connectivity index (χ0) is 43.6. The number of anilines is 5. The highest BCUT2D eigenvalue weighted by Crippen LogP contribution is 2.40. The summed E-state index contributed by atoms with van der Waals surface area (Å²) < 4.78 is 0. The number of hydrogen-bond acceptors (Lipinski definition) is 2. The van der Waals surface area contributed by atoms with E-state index in [9.17, 15) is 0 Å². The summed E-state index contributed by atoms with van der Waals surface area (Å²) in [6.07, 6.45) is 0. The summed E-state index contributed by atoms with van der Waals surface area (Å²) in [5.74, 6) is 0. The predicted octanol–water partition coefficient (Wildman–Crippen LogP) is 17.5. The monoisotopic (exact) mass is 808 g/mol. The number of benzene rings is 8. The fraction of sp³-hybridized carbons (Fsp3) is 0.200. The minimum Gasteiger partial charge on any atom is -0.355 e. The van der Waals surface area contributed by atoms with Gasteiger partial charge in [-0.1, -0.05) is 202 Å². The van der Waals surface area contributed by atoms with Crippen molar-refractivity contribution in [3.63, 3.8) is 0 Å². The van der Waals surface area contributed by atoms with Gasteiger partial charge in [0.1, 0.15) is 0 Å². The molecule has 0 aromatic heterocycles. The van der Waals surface area contributed by atoms with Crippen molar-refractivity contribution in [2.45, 2.75) is 78.6 Å². The summed E-state index contributed by atoms with van der Waals surface area (Å²) in [6, 6.07) is 71.1. The van der Waals surface area contributed by atoms with Gasteiger partial charge >= 0.3 is 0 Å². The van der Waals surface area contributed by atoms with Crippen LogP contribution in [-0.2, 0) is 16.2 Å². The molecule has 2 heteroatoms. The first-order valence-electron chi connectivity index (χ1n) is 22.0. The highest BCUT2D eigenvalue weighted by Gasteiger charge is 2.18. The second-order valence-corrected chi connectivity index (χ2v) is 19.7. The molecule has 0 aliphatic rings. The normalized spacial score (nSPS) is 12.0. The van der Waals surface area contributed by atoms with Crippen molar-refractivity contribution in [1.29, 1.82) is 0 Å². The van der Waals surface area contributed by atoms with Crippen molar-refractivity contribution in [2.75, 3.05) is 10.2 Å². The molecule has 0 aliphatic heterocycles. The Morgan fingerprint density at radius 2 is 0.565 bits per heavy atom. The van der Waals surface area contributed by atoms with E-state index in [-0.39, 0.29) is 16.2 Å². The fourth-order valence-corrected chi connectivity index (χ4v) is 8.08. The third-order valence-electron chi connectivity index (χ3n) is 12.0. The topological polar surface area (TPSA) is 15.3 Å². The molecule has 0 heterocycles. The van der Waals surface area contributed by atoms with Crippen LogP contribution in [0.15, 0.2) is 194 Å². The maximum absolute atomic E-state index is 3.72. The molecule has 2 nitrogen and oxygen atoms in total. The Hall–Kier alpha value is -6.64. The second kappa shape index (κ2) is 17.0. The van der Waals surface area contributed by atoms with Crippen LogP contribution < -0.4 is 10.2 Å². The Morgan fingerprint density at radius 3 is 0.887 bits per heavy atom. The quantitative estimate of drug-likeness (QED) is 0.156. The molecular formula is C60H60N2. The SMILES string of the molecule is CC(C)(C)c1ccc(-c2ccc(Nc3ccccc3-c3ccc(N(c4ccc(-c5ccc(C(C)(C)C)cc5)cc4)c4ccc(-c5ccc(C(C)(C)C)cc5)cc4)cc3)cc2)cc1. The molecule has 8 aromatic carbocycles. The number of rotatable bonds is 9. The molecule has 0 saturated heterocycles. The molecule has 8 aromatic rings.